The number of para-hydroxylation sites is 1. The lowest BCUT2D eigenvalue weighted by atomic mass is 10.0. The molecule has 9 atom stereocenters. The molecule has 8 amide bonds. The first-order valence-electron chi connectivity index (χ1n) is 22.3. The van der Waals surface area contributed by atoms with Crippen LogP contribution >= 0.6 is 0 Å². The van der Waals surface area contributed by atoms with Gasteiger partial charge in [0, 0.05) is 43.5 Å². The van der Waals surface area contributed by atoms with Crippen molar-refractivity contribution in [2.45, 2.75) is 127 Å². The number of nitrogens with two attached hydrogens (primary N) is 3. The number of guanidine groups is 2. The molecule has 2 rings (SSSR count). The Morgan fingerprint density at radius 1 is 0.600 bits per heavy atom. The van der Waals surface area contributed by atoms with Gasteiger partial charge in [0.1, 0.15) is 54.6 Å². The highest BCUT2D eigenvalue weighted by molar-refractivity contribution is 5.98. The Morgan fingerprint density at radius 2 is 1.01 bits per heavy atom. The number of H-pyrrole nitrogens is 1. The highest BCUT2D eigenvalue weighted by Crippen LogP contribution is 2.19. The maximum Gasteiger partial charge on any atom is 0.326 e. The highest BCUT2D eigenvalue weighted by Gasteiger charge is 2.33. The molecule has 0 aliphatic heterocycles. The van der Waals surface area contributed by atoms with Crippen LogP contribution in [-0.2, 0) is 49.6 Å². The number of nitrogens with one attached hydrogen (secondary N) is 13. The van der Waals surface area contributed by atoms with Gasteiger partial charge >= 0.3 is 5.97 Å². The van der Waals surface area contributed by atoms with Crippen LogP contribution < -0.4 is 70.4 Å². The van der Waals surface area contributed by atoms with E-state index in [0.717, 1.165) is 10.9 Å². The summed E-state index contributed by atoms with van der Waals surface area (Å²) in [7, 11) is 0. The summed E-state index contributed by atoms with van der Waals surface area (Å²) in [6.07, 6.45) is -0.291. The van der Waals surface area contributed by atoms with E-state index in [9.17, 15) is 58.5 Å². The summed E-state index contributed by atoms with van der Waals surface area (Å²) < 4.78 is 0. The molecule has 1 heterocycles. The van der Waals surface area contributed by atoms with Crippen LogP contribution in [0.25, 0.3) is 10.9 Å². The molecule has 0 saturated heterocycles. The number of hydrogen-bond donors (Lipinski definition) is 19. The van der Waals surface area contributed by atoms with Crippen molar-refractivity contribution in [1.82, 2.24) is 58.2 Å². The van der Waals surface area contributed by atoms with E-state index < -0.39 is 114 Å². The summed E-state index contributed by atoms with van der Waals surface area (Å²) >= 11 is 0. The quantitative estimate of drug-likeness (QED) is 0.0150. The van der Waals surface area contributed by atoms with Crippen LogP contribution in [0.1, 0.15) is 71.8 Å². The van der Waals surface area contributed by atoms with E-state index in [1.165, 1.54) is 27.7 Å². The summed E-state index contributed by atoms with van der Waals surface area (Å²) in [5.41, 5.74) is 17.6. The number of carboxylic acid groups (broad SMARTS) is 1. The van der Waals surface area contributed by atoms with Crippen molar-refractivity contribution in [3.05, 3.63) is 36.0 Å². The topological polar surface area (TPSA) is 476 Å². The predicted octanol–water partition coefficient (Wildman–Crippen LogP) is -5.67. The van der Waals surface area contributed by atoms with Crippen LogP contribution in [0.4, 0.5) is 0 Å². The number of aromatic amines is 1. The SMILES string of the molecule is CC(=O)N[C@@H](C)C(=O)N[C@@H](CCCNC(=N)N)C(=O)N[C@@H](CCC(N)O)C(=O)N[C@@H](CCCNC(=N)N)C(=O)N[C@@H](C)C(=O)N[C@@H](CO)C(=O)N[C@@H](C)C(=O)N[C@@H](Cc1c[nH]c2ccccc12)C(=O)O. The molecule has 28 nitrogen and oxygen atoms in total. The van der Waals surface area contributed by atoms with Crippen LogP contribution in [0.5, 0.6) is 0 Å². The summed E-state index contributed by atoms with van der Waals surface area (Å²) in [6.45, 7) is 4.28. The fourth-order valence-electron chi connectivity index (χ4n) is 6.68. The molecule has 28 heteroatoms. The summed E-state index contributed by atoms with van der Waals surface area (Å²) in [5.74, 6) is -8.99. The fraction of sp³-hybridized carbons (Fsp3) is 0.548. The van der Waals surface area contributed by atoms with E-state index in [2.05, 4.69) is 58.2 Å². The number of aliphatic carboxylic acids is 1. The Morgan fingerprint density at radius 3 is 1.47 bits per heavy atom. The van der Waals surface area contributed by atoms with E-state index >= 15 is 0 Å². The Bertz CT molecular complexity index is 2170. The second kappa shape index (κ2) is 29.3. The molecule has 0 radical (unpaired) electrons. The van der Waals surface area contributed by atoms with Gasteiger partial charge in [0.2, 0.25) is 47.3 Å². The molecule has 0 spiro atoms. The van der Waals surface area contributed by atoms with Crippen molar-refractivity contribution in [2.75, 3.05) is 19.7 Å². The maximum absolute atomic E-state index is 13.9. The second-order valence-electron chi connectivity index (χ2n) is 16.4. The van der Waals surface area contributed by atoms with Crippen LogP contribution in [-0.4, -0.2) is 160 Å². The van der Waals surface area contributed by atoms with Gasteiger partial charge < -0.3 is 90.7 Å². The number of carbonyl (C=O) groups excluding carboxylic acids is 8. The van der Waals surface area contributed by atoms with E-state index in [-0.39, 0.29) is 70.0 Å². The van der Waals surface area contributed by atoms with Crippen molar-refractivity contribution < 1.29 is 58.5 Å². The molecule has 0 bridgehead atoms. The van der Waals surface area contributed by atoms with Crippen LogP contribution in [0.3, 0.4) is 0 Å². The van der Waals surface area contributed by atoms with Crippen molar-refractivity contribution in [3.63, 3.8) is 0 Å². The average Bonchev–Trinajstić information content (AvgIpc) is 3.69. The molecule has 1 aromatic heterocycles. The zero-order valence-electron chi connectivity index (χ0n) is 39.4. The van der Waals surface area contributed by atoms with Gasteiger partial charge in [0.25, 0.3) is 0 Å². The number of fused-ring (bicyclic) bond motifs is 1. The fourth-order valence-corrected chi connectivity index (χ4v) is 6.68. The van der Waals surface area contributed by atoms with E-state index in [4.69, 9.17) is 28.0 Å². The summed E-state index contributed by atoms with van der Waals surface area (Å²) in [6, 6.07) is -3.95. The smallest absolute Gasteiger partial charge is 0.326 e. The average molecular weight is 989 g/mol. The molecular weight excluding hydrogens is 921 g/mol. The first-order valence-corrected chi connectivity index (χ1v) is 22.3. The number of carboxylic acids is 1. The minimum absolute atomic E-state index is 0.0416. The van der Waals surface area contributed by atoms with E-state index in [1.54, 1.807) is 30.5 Å². The molecule has 0 saturated carbocycles. The molecule has 0 fully saturated rings. The highest BCUT2D eigenvalue weighted by atomic mass is 16.4. The molecule has 0 aliphatic carbocycles. The molecule has 1 aromatic carbocycles. The van der Waals surface area contributed by atoms with Gasteiger partial charge in [-0.2, -0.15) is 0 Å². The number of benzene rings is 1. The minimum Gasteiger partial charge on any atom is -0.480 e. The van der Waals surface area contributed by atoms with Gasteiger partial charge in [-0.25, -0.2) is 4.79 Å². The third-order valence-electron chi connectivity index (χ3n) is 10.5. The third kappa shape index (κ3) is 20.7. The zero-order chi connectivity index (χ0) is 52.7. The number of carbonyl (C=O) groups is 9. The van der Waals surface area contributed by atoms with Crippen molar-refractivity contribution >= 4 is 76.0 Å². The molecule has 2 aromatic rings. The number of hydrogen-bond acceptors (Lipinski definition) is 14. The zero-order valence-corrected chi connectivity index (χ0v) is 39.4. The van der Waals surface area contributed by atoms with Gasteiger partial charge in [-0.15, -0.1) is 0 Å². The van der Waals surface area contributed by atoms with Gasteiger partial charge in [0.05, 0.1) is 6.61 Å². The van der Waals surface area contributed by atoms with Crippen molar-refractivity contribution in [3.8, 4) is 0 Å². The van der Waals surface area contributed by atoms with Crippen LogP contribution in [0.2, 0.25) is 0 Å². The van der Waals surface area contributed by atoms with Gasteiger partial charge in [-0.3, -0.25) is 49.2 Å². The first-order chi connectivity index (χ1) is 32.9. The standard InChI is InChI=1S/C42H68N16O12/c1-20(51-23(4)60)33(62)54-28(12-8-16-49-42(46)47)37(66)56-29(13-14-32(43)61)38(67)55-27(11-7-15-48-41(44)45)36(65)52-22(3)35(64)58-31(19-59)39(68)53-21(2)34(63)57-30(40(69)70)17-24-18-50-26-10-6-5-9-25(24)26/h5-6,9-10,18,20-22,27-32,50,59,61H,7-8,11-17,19,43H2,1-4H3,(H,51,60)(H,52,65)(H,53,68)(H,54,62)(H,55,67)(H,56,66)(H,57,63)(H,58,64)(H,69,70)(H4,44,45,48)(H4,46,47,49)/t20-,21-,22-,27-,28-,29-,30-,31-,32?/m0/s1. The van der Waals surface area contributed by atoms with Crippen LogP contribution in [0, 0.1) is 10.8 Å². The lowest BCUT2D eigenvalue weighted by Crippen LogP contribution is -2.60. The third-order valence-corrected chi connectivity index (χ3v) is 10.5. The van der Waals surface area contributed by atoms with Crippen molar-refractivity contribution in [2.24, 2.45) is 17.2 Å². The Balaban J connectivity index is 2.20. The van der Waals surface area contributed by atoms with Gasteiger partial charge in [-0.05, 0) is 70.9 Å². The molecule has 22 N–H and O–H groups in total. The summed E-state index contributed by atoms with van der Waals surface area (Å²) in [4.78, 5) is 120. The lowest BCUT2D eigenvalue weighted by molar-refractivity contribution is -0.142. The number of aromatic nitrogens is 1. The minimum atomic E-state index is -1.66. The monoisotopic (exact) mass is 989 g/mol. The van der Waals surface area contributed by atoms with Gasteiger partial charge in [-0.1, -0.05) is 18.2 Å². The summed E-state index contributed by atoms with van der Waals surface area (Å²) in [5, 5.41) is 69.7. The van der Waals surface area contributed by atoms with E-state index in [1.807, 2.05) is 0 Å². The van der Waals surface area contributed by atoms with E-state index in [0.29, 0.717) is 5.56 Å². The van der Waals surface area contributed by atoms with Crippen molar-refractivity contribution in [1.29, 1.82) is 10.8 Å². The Labute approximate surface area is 402 Å². The number of rotatable bonds is 30. The number of aliphatic hydroxyl groups excluding tert-OH is 2. The largest absolute Gasteiger partial charge is 0.480 e. The molecule has 70 heavy (non-hydrogen) atoms. The number of amides is 8. The lowest BCUT2D eigenvalue weighted by Gasteiger charge is -2.27. The molecular formula is C42H68N16O12. The van der Waals surface area contributed by atoms with Gasteiger partial charge in [0.15, 0.2) is 11.9 Å². The Kier molecular flexibility index (Phi) is 24.5. The molecule has 1 unspecified atom stereocenters. The number of aliphatic hydroxyl groups is 2. The Hall–Kier alpha value is -7.59. The maximum atomic E-state index is 13.9. The van der Waals surface area contributed by atoms with Crippen LogP contribution in [0.15, 0.2) is 30.5 Å². The molecule has 388 valence electrons. The predicted molar refractivity (Wildman–Crippen MR) is 253 cm³/mol. The normalized spacial score (nSPS) is 14.8. The molecule has 0 aliphatic rings. The first kappa shape index (κ1) is 58.5. The second-order valence-corrected chi connectivity index (χ2v) is 16.4.